The topological polar surface area (TPSA) is 93.9 Å². The molecule has 0 saturated carbocycles. The summed E-state index contributed by atoms with van der Waals surface area (Å²) in [5.74, 6) is -0.209. The van der Waals surface area contributed by atoms with Crippen LogP contribution in [-0.4, -0.2) is 45.0 Å². The van der Waals surface area contributed by atoms with Crippen LogP contribution in [0, 0.1) is 6.92 Å². The van der Waals surface area contributed by atoms with E-state index in [0.29, 0.717) is 5.69 Å². The maximum atomic E-state index is 12.0. The van der Waals surface area contributed by atoms with Crippen LogP contribution in [0.1, 0.15) is 16.2 Å². The molecule has 0 fully saturated rings. The SMILES string of the molecule is Cc1cccc(-c2ocnc2C(=O)Oc2cc[nH]n2)n1.[LiH]. The van der Waals surface area contributed by atoms with E-state index in [0.717, 1.165) is 5.69 Å². The van der Waals surface area contributed by atoms with Crippen LogP contribution >= 0.6 is 0 Å². The van der Waals surface area contributed by atoms with Gasteiger partial charge in [0.2, 0.25) is 5.88 Å². The average molecular weight is 278 g/mol. The first-order chi connectivity index (χ1) is 9.74. The number of oxazole rings is 1. The molecule has 8 heteroatoms. The van der Waals surface area contributed by atoms with Crippen molar-refractivity contribution >= 4 is 24.8 Å². The van der Waals surface area contributed by atoms with Gasteiger partial charge in [0.05, 0.1) is 0 Å². The Kier molecular flexibility index (Phi) is 4.58. The summed E-state index contributed by atoms with van der Waals surface area (Å²) < 4.78 is 10.3. The summed E-state index contributed by atoms with van der Waals surface area (Å²) in [4.78, 5) is 20.2. The van der Waals surface area contributed by atoms with Crippen molar-refractivity contribution in [3.63, 3.8) is 0 Å². The number of esters is 1. The Labute approximate surface area is 131 Å². The van der Waals surface area contributed by atoms with E-state index in [1.165, 1.54) is 12.5 Å². The summed E-state index contributed by atoms with van der Waals surface area (Å²) >= 11 is 0. The zero-order valence-corrected chi connectivity index (χ0v) is 10.5. The second kappa shape index (κ2) is 6.39. The van der Waals surface area contributed by atoms with E-state index in [1.807, 2.05) is 19.1 Å². The number of ether oxygens (including phenoxy) is 1. The molecule has 0 radical (unpaired) electrons. The number of H-pyrrole nitrogens is 1. The molecule has 102 valence electrons. The van der Waals surface area contributed by atoms with E-state index in [1.54, 1.807) is 12.3 Å². The molecule has 7 nitrogen and oxygen atoms in total. The quantitative estimate of drug-likeness (QED) is 0.574. The van der Waals surface area contributed by atoms with Gasteiger partial charge < -0.3 is 9.15 Å². The summed E-state index contributed by atoms with van der Waals surface area (Å²) in [6.45, 7) is 1.85. The van der Waals surface area contributed by atoms with E-state index < -0.39 is 5.97 Å². The molecule has 0 aliphatic heterocycles. The molecule has 0 unspecified atom stereocenters. The first kappa shape index (κ1) is 15.0. The molecule has 0 spiro atoms. The number of rotatable bonds is 3. The fourth-order valence-corrected chi connectivity index (χ4v) is 1.69. The zero-order chi connectivity index (χ0) is 13.9. The van der Waals surface area contributed by atoms with Gasteiger partial charge in [0.1, 0.15) is 5.69 Å². The van der Waals surface area contributed by atoms with Gasteiger partial charge in [-0.1, -0.05) is 6.07 Å². The molecule has 0 saturated heterocycles. The summed E-state index contributed by atoms with van der Waals surface area (Å²) in [5.41, 5.74) is 1.40. The van der Waals surface area contributed by atoms with E-state index in [9.17, 15) is 4.79 Å². The molecule has 3 heterocycles. The van der Waals surface area contributed by atoms with Crippen molar-refractivity contribution in [3.05, 3.63) is 48.2 Å². The Bertz CT molecular complexity index is 739. The zero-order valence-electron chi connectivity index (χ0n) is 10.5. The number of aromatic amines is 1. The van der Waals surface area contributed by atoms with Crippen molar-refractivity contribution in [1.82, 2.24) is 20.2 Å². The Morgan fingerprint density at radius 3 is 2.90 bits per heavy atom. The molecule has 3 aromatic heterocycles. The minimum absolute atomic E-state index is 0. The number of carbonyl (C=O) groups is 1. The number of nitrogens with one attached hydrogen (secondary N) is 1. The summed E-state index contributed by atoms with van der Waals surface area (Å²) in [6, 6.07) is 6.94. The second-order valence-electron chi connectivity index (χ2n) is 4.00. The van der Waals surface area contributed by atoms with Crippen LogP contribution in [0.25, 0.3) is 11.5 Å². The van der Waals surface area contributed by atoms with E-state index in [-0.39, 0.29) is 36.2 Å². The molecule has 0 amide bonds. The van der Waals surface area contributed by atoms with Crippen molar-refractivity contribution in [2.75, 3.05) is 0 Å². The van der Waals surface area contributed by atoms with E-state index in [4.69, 9.17) is 9.15 Å². The maximum absolute atomic E-state index is 12.0. The van der Waals surface area contributed by atoms with Gasteiger partial charge >= 0.3 is 24.8 Å². The molecule has 21 heavy (non-hydrogen) atoms. The van der Waals surface area contributed by atoms with Crippen molar-refractivity contribution in [1.29, 1.82) is 0 Å². The van der Waals surface area contributed by atoms with Crippen LogP contribution < -0.4 is 4.74 Å². The van der Waals surface area contributed by atoms with Crippen molar-refractivity contribution in [2.45, 2.75) is 6.92 Å². The molecular formula is C13H11LiN4O3. The van der Waals surface area contributed by atoms with Crippen molar-refractivity contribution in [2.24, 2.45) is 0 Å². The van der Waals surface area contributed by atoms with Crippen molar-refractivity contribution in [3.8, 4) is 17.3 Å². The first-order valence-electron chi connectivity index (χ1n) is 5.83. The normalized spacial score (nSPS) is 9.95. The fraction of sp³-hybridized carbons (Fsp3) is 0.0769. The number of carbonyl (C=O) groups excluding carboxylic acids is 1. The standard InChI is InChI=1S/C13H10N4O3.Li.H/c1-8-3-2-4-9(16-8)12-11(14-7-19-12)13(18)20-10-5-6-15-17-10;;/h2-7H,1H3,(H,15,17);;. The van der Waals surface area contributed by atoms with Gasteiger partial charge in [-0.05, 0) is 19.1 Å². The van der Waals surface area contributed by atoms with Gasteiger partial charge in [-0.15, -0.1) is 5.10 Å². The number of hydrogen-bond acceptors (Lipinski definition) is 6. The third-order valence-corrected chi connectivity index (χ3v) is 2.55. The van der Waals surface area contributed by atoms with Gasteiger partial charge in [-0.25, -0.2) is 14.8 Å². The minimum atomic E-state index is -0.649. The molecule has 3 rings (SSSR count). The molecule has 0 aliphatic rings. The second-order valence-corrected chi connectivity index (χ2v) is 4.00. The molecule has 0 atom stereocenters. The van der Waals surface area contributed by atoms with Gasteiger partial charge in [0.25, 0.3) is 0 Å². The third-order valence-electron chi connectivity index (χ3n) is 2.55. The van der Waals surface area contributed by atoms with Crippen LogP contribution in [0.3, 0.4) is 0 Å². The molecule has 0 aliphatic carbocycles. The summed E-state index contributed by atoms with van der Waals surface area (Å²) in [5, 5.41) is 6.29. The molecule has 0 bridgehead atoms. The van der Waals surface area contributed by atoms with Crippen LogP contribution in [0.15, 0.2) is 41.3 Å². The Morgan fingerprint density at radius 2 is 2.19 bits per heavy atom. The van der Waals surface area contributed by atoms with E-state index in [2.05, 4.69) is 20.2 Å². The number of hydrogen-bond donors (Lipinski definition) is 1. The fourth-order valence-electron chi connectivity index (χ4n) is 1.69. The Hall–Kier alpha value is -2.36. The number of pyridine rings is 1. The molecule has 1 N–H and O–H groups in total. The summed E-state index contributed by atoms with van der Waals surface area (Å²) in [6.07, 6.45) is 2.73. The van der Waals surface area contributed by atoms with Crippen molar-refractivity contribution < 1.29 is 13.9 Å². The monoisotopic (exact) mass is 278 g/mol. The Balaban J connectivity index is 0.00000161. The molecule has 3 aromatic rings. The van der Waals surface area contributed by atoms with Gasteiger partial charge in [0.15, 0.2) is 17.8 Å². The predicted molar refractivity (Wildman–Crippen MR) is 75.2 cm³/mol. The van der Waals surface area contributed by atoms with Crippen LogP contribution in [0.2, 0.25) is 0 Å². The average Bonchev–Trinajstić information content (AvgIpc) is 3.09. The number of aryl methyl sites for hydroxylation is 1. The number of aromatic nitrogens is 4. The first-order valence-corrected chi connectivity index (χ1v) is 5.83. The van der Waals surface area contributed by atoms with E-state index >= 15 is 0 Å². The summed E-state index contributed by atoms with van der Waals surface area (Å²) in [7, 11) is 0. The number of nitrogens with zero attached hydrogens (tertiary/aromatic N) is 3. The Morgan fingerprint density at radius 1 is 1.33 bits per heavy atom. The van der Waals surface area contributed by atoms with Crippen LogP contribution in [0.4, 0.5) is 0 Å². The molecule has 0 aromatic carbocycles. The third kappa shape index (κ3) is 3.21. The van der Waals surface area contributed by atoms with Crippen LogP contribution in [-0.2, 0) is 0 Å². The van der Waals surface area contributed by atoms with Crippen LogP contribution in [0.5, 0.6) is 5.88 Å². The predicted octanol–water partition coefficient (Wildman–Crippen LogP) is 1.34. The van der Waals surface area contributed by atoms with Gasteiger partial charge in [-0.3, -0.25) is 5.10 Å². The molecular weight excluding hydrogens is 267 g/mol. The van der Waals surface area contributed by atoms with Gasteiger partial charge in [0, 0.05) is 18.0 Å². The van der Waals surface area contributed by atoms with Gasteiger partial charge in [-0.2, -0.15) is 0 Å².